The number of hydrogen-bond acceptors (Lipinski definition) is 5. The highest BCUT2D eigenvalue weighted by Gasteiger charge is 2.33. The van der Waals surface area contributed by atoms with Crippen LogP contribution in [0, 0.1) is 11.3 Å². The molecule has 2 aliphatic heterocycles. The van der Waals surface area contributed by atoms with Crippen molar-refractivity contribution in [3.8, 4) is 6.07 Å². The summed E-state index contributed by atoms with van der Waals surface area (Å²) >= 11 is 1.89. The fraction of sp³-hybridized carbons (Fsp3) is 0.417. The second kappa shape index (κ2) is 7.68. The van der Waals surface area contributed by atoms with E-state index in [-0.39, 0.29) is 0 Å². The molecule has 0 N–H and O–H groups in total. The van der Waals surface area contributed by atoms with Crippen LogP contribution in [0.3, 0.4) is 0 Å². The van der Waals surface area contributed by atoms with Crippen molar-refractivity contribution in [2.24, 2.45) is 4.99 Å². The third kappa shape index (κ3) is 3.26. The van der Waals surface area contributed by atoms with E-state index in [0.717, 1.165) is 42.3 Å². The van der Waals surface area contributed by atoms with Crippen LogP contribution in [-0.2, 0) is 19.4 Å². The number of likely N-dealkylation sites (tertiary alicyclic amines) is 1. The summed E-state index contributed by atoms with van der Waals surface area (Å²) in [6, 6.07) is 10.2. The van der Waals surface area contributed by atoms with Gasteiger partial charge in [0.15, 0.2) is 0 Å². The molecule has 5 rings (SSSR count). The van der Waals surface area contributed by atoms with Gasteiger partial charge in [-0.2, -0.15) is 5.26 Å². The van der Waals surface area contributed by atoms with Gasteiger partial charge >= 0.3 is 0 Å². The summed E-state index contributed by atoms with van der Waals surface area (Å²) in [7, 11) is 0. The number of aryl methyl sites for hydroxylation is 1. The number of fused-ring (bicyclic) bond motifs is 3. The van der Waals surface area contributed by atoms with Crippen LogP contribution < -0.4 is 0 Å². The summed E-state index contributed by atoms with van der Waals surface area (Å²) < 4.78 is 0. The standard InChI is InChI=1S/C24H26N4S/c1-17-23-22(20-11-5-6-12-21(20)29-23)26-24(27-13-7-2-8-14-27)28(17)16-19-10-4-3-9-18(19)15-25/h3-4,9-10H,1-2,5-8,11-14,16H2. The first kappa shape index (κ1) is 18.4. The molecule has 0 unspecified atom stereocenters. The normalized spacial score (nSPS) is 18.7. The predicted molar refractivity (Wildman–Crippen MR) is 119 cm³/mol. The first-order chi connectivity index (χ1) is 14.3. The number of rotatable bonds is 2. The fourth-order valence-electron chi connectivity index (χ4n) is 4.71. The highest BCUT2D eigenvalue weighted by Crippen LogP contribution is 2.47. The number of aliphatic imine (C=N–C) groups is 1. The maximum Gasteiger partial charge on any atom is 0.206 e. The number of benzene rings is 1. The lowest BCUT2D eigenvalue weighted by molar-refractivity contribution is 0.306. The van der Waals surface area contributed by atoms with Gasteiger partial charge in [0.1, 0.15) is 0 Å². The van der Waals surface area contributed by atoms with Crippen molar-refractivity contribution >= 4 is 28.7 Å². The van der Waals surface area contributed by atoms with E-state index in [2.05, 4.69) is 28.5 Å². The summed E-state index contributed by atoms with van der Waals surface area (Å²) in [4.78, 5) is 12.7. The average Bonchev–Trinajstić information content (AvgIpc) is 3.15. The smallest absolute Gasteiger partial charge is 0.206 e. The molecule has 148 valence electrons. The number of piperidine rings is 1. The minimum Gasteiger partial charge on any atom is -0.342 e. The highest BCUT2D eigenvalue weighted by atomic mass is 32.1. The summed E-state index contributed by atoms with van der Waals surface area (Å²) in [6.45, 7) is 7.25. The third-order valence-corrected chi connectivity index (χ3v) is 7.62. The zero-order valence-electron chi connectivity index (χ0n) is 16.8. The van der Waals surface area contributed by atoms with Crippen molar-refractivity contribution in [3.63, 3.8) is 0 Å². The van der Waals surface area contributed by atoms with Gasteiger partial charge in [0.2, 0.25) is 5.96 Å². The number of nitrogens with zero attached hydrogens (tertiary/aromatic N) is 4. The van der Waals surface area contributed by atoms with Crippen LogP contribution in [0.4, 0.5) is 5.69 Å². The number of thiophene rings is 1. The molecule has 2 aromatic rings. The minimum atomic E-state index is 0.639. The van der Waals surface area contributed by atoms with Crippen molar-refractivity contribution in [1.29, 1.82) is 5.26 Å². The largest absolute Gasteiger partial charge is 0.342 e. The minimum absolute atomic E-state index is 0.639. The van der Waals surface area contributed by atoms with Gasteiger partial charge < -0.3 is 9.80 Å². The lowest BCUT2D eigenvalue weighted by Crippen LogP contribution is -2.46. The van der Waals surface area contributed by atoms with Gasteiger partial charge in [0, 0.05) is 18.0 Å². The van der Waals surface area contributed by atoms with E-state index in [9.17, 15) is 5.26 Å². The summed E-state index contributed by atoms with van der Waals surface area (Å²) in [6.07, 6.45) is 8.57. The van der Waals surface area contributed by atoms with Crippen molar-refractivity contribution in [1.82, 2.24) is 9.80 Å². The topological polar surface area (TPSA) is 42.6 Å². The Labute approximate surface area is 176 Å². The zero-order valence-corrected chi connectivity index (χ0v) is 17.6. The Morgan fingerprint density at radius 1 is 1.07 bits per heavy atom. The molecule has 1 aliphatic carbocycles. The Bertz CT molecular complexity index is 1020. The monoisotopic (exact) mass is 402 g/mol. The Hall–Kier alpha value is -2.58. The molecule has 29 heavy (non-hydrogen) atoms. The lowest BCUT2D eigenvalue weighted by Gasteiger charge is -2.39. The molecule has 4 nitrogen and oxygen atoms in total. The molecular formula is C24H26N4S. The van der Waals surface area contributed by atoms with E-state index in [1.165, 1.54) is 59.5 Å². The molecule has 1 aromatic carbocycles. The van der Waals surface area contributed by atoms with Gasteiger partial charge in [-0.15, -0.1) is 11.3 Å². The molecule has 0 bridgehead atoms. The Morgan fingerprint density at radius 3 is 2.69 bits per heavy atom. The first-order valence-electron chi connectivity index (χ1n) is 10.7. The van der Waals surface area contributed by atoms with Gasteiger partial charge in [0.05, 0.1) is 34.4 Å². The van der Waals surface area contributed by atoms with E-state index in [4.69, 9.17) is 4.99 Å². The van der Waals surface area contributed by atoms with Gasteiger partial charge in [-0.05, 0) is 62.1 Å². The maximum absolute atomic E-state index is 9.57. The summed E-state index contributed by atoms with van der Waals surface area (Å²) in [5.41, 5.74) is 5.45. The van der Waals surface area contributed by atoms with Crippen molar-refractivity contribution in [2.75, 3.05) is 13.1 Å². The molecule has 1 saturated heterocycles. The zero-order chi connectivity index (χ0) is 19.8. The van der Waals surface area contributed by atoms with Gasteiger partial charge in [-0.25, -0.2) is 4.99 Å². The summed E-state index contributed by atoms with van der Waals surface area (Å²) in [5, 5.41) is 9.57. The molecule has 3 heterocycles. The van der Waals surface area contributed by atoms with E-state index >= 15 is 0 Å². The first-order valence-corrected chi connectivity index (χ1v) is 11.5. The highest BCUT2D eigenvalue weighted by molar-refractivity contribution is 7.14. The number of hydrogen-bond donors (Lipinski definition) is 0. The van der Waals surface area contributed by atoms with E-state index in [1.54, 1.807) is 0 Å². The second-order valence-electron chi connectivity index (χ2n) is 8.15. The van der Waals surface area contributed by atoms with Gasteiger partial charge in [0.25, 0.3) is 0 Å². The molecule has 0 saturated carbocycles. The van der Waals surface area contributed by atoms with Gasteiger partial charge in [-0.3, -0.25) is 0 Å². The molecule has 5 heteroatoms. The fourth-order valence-corrected chi connectivity index (χ4v) is 6.01. The second-order valence-corrected chi connectivity index (χ2v) is 9.26. The quantitative estimate of drug-likeness (QED) is 0.670. The Kier molecular flexibility index (Phi) is 4.89. The van der Waals surface area contributed by atoms with E-state index < -0.39 is 0 Å². The van der Waals surface area contributed by atoms with Crippen molar-refractivity contribution in [3.05, 3.63) is 57.3 Å². The van der Waals surface area contributed by atoms with Crippen molar-refractivity contribution < 1.29 is 0 Å². The molecule has 3 aliphatic rings. The van der Waals surface area contributed by atoms with Crippen LogP contribution in [0.25, 0.3) is 5.70 Å². The van der Waals surface area contributed by atoms with Crippen LogP contribution in [0.5, 0.6) is 0 Å². The molecule has 0 spiro atoms. The molecule has 0 amide bonds. The maximum atomic E-state index is 9.57. The SMILES string of the molecule is C=C1c2sc3c(c2N=C(N2CCCCC2)N1Cc1ccccc1C#N)CCCC3. The van der Waals surface area contributed by atoms with E-state index in [0.29, 0.717) is 6.54 Å². The lowest BCUT2D eigenvalue weighted by atomic mass is 9.97. The molecule has 0 radical (unpaired) electrons. The Balaban J connectivity index is 1.58. The summed E-state index contributed by atoms with van der Waals surface area (Å²) in [5.74, 6) is 1.03. The molecular weight excluding hydrogens is 376 g/mol. The molecule has 1 fully saturated rings. The average molecular weight is 403 g/mol. The van der Waals surface area contributed by atoms with Crippen LogP contribution in [0.15, 0.2) is 35.8 Å². The van der Waals surface area contributed by atoms with Crippen molar-refractivity contribution in [2.45, 2.75) is 51.5 Å². The van der Waals surface area contributed by atoms with Gasteiger partial charge in [-0.1, -0.05) is 24.8 Å². The van der Waals surface area contributed by atoms with Crippen LogP contribution in [0.1, 0.15) is 58.5 Å². The van der Waals surface area contributed by atoms with Crippen LogP contribution >= 0.6 is 11.3 Å². The number of nitriles is 1. The Morgan fingerprint density at radius 2 is 1.86 bits per heavy atom. The number of guanidine groups is 1. The third-order valence-electron chi connectivity index (χ3n) is 6.29. The van der Waals surface area contributed by atoms with E-state index in [1.807, 2.05) is 29.5 Å². The molecule has 0 atom stereocenters. The predicted octanol–water partition coefficient (Wildman–Crippen LogP) is 5.46. The van der Waals surface area contributed by atoms with Crippen LogP contribution in [-0.4, -0.2) is 28.8 Å². The van der Waals surface area contributed by atoms with Crippen LogP contribution in [0.2, 0.25) is 0 Å². The molecule has 1 aromatic heterocycles.